The Bertz CT molecular complexity index is 1500. The normalized spacial score (nSPS) is 10.8. The number of nitrogens with one attached hydrogen (secondary N) is 3. The molecule has 38 heavy (non-hydrogen) atoms. The van der Waals surface area contributed by atoms with Crippen molar-refractivity contribution in [2.24, 2.45) is 0 Å². The number of anilines is 2. The Kier molecular flexibility index (Phi) is 8.80. The van der Waals surface area contributed by atoms with E-state index in [0.717, 1.165) is 42.7 Å². The van der Waals surface area contributed by atoms with Gasteiger partial charge in [0, 0.05) is 11.3 Å². The molecule has 0 unspecified atom stereocenters. The van der Waals surface area contributed by atoms with Gasteiger partial charge in [0.05, 0.1) is 24.2 Å². The van der Waals surface area contributed by atoms with Crippen LogP contribution in [0.4, 0.5) is 19.9 Å². The van der Waals surface area contributed by atoms with Crippen molar-refractivity contribution in [2.45, 2.75) is 18.7 Å². The van der Waals surface area contributed by atoms with Gasteiger partial charge >= 0.3 is 12.1 Å². The quantitative estimate of drug-likeness (QED) is 0.348. The fourth-order valence-corrected chi connectivity index (χ4v) is 5.34. The van der Waals surface area contributed by atoms with E-state index in [0.29, 0.717) is 0 Å². The van der Waals surface area contributed by atoms with Gasteiger partial charge in [-0.1, -0.05) is 6.07 Å². The van der Waals surface area contributed by atoms with E-state index in [1.807, 2.05) is 5.32 Å². The van der Waals surface area contributed by atoms with Crippen molar-refractivity contribution in [3.05, 3.63) is 75.9 Å². The third-order valence-electron chi connectivity index (χ3n) is 4.96. The van der Waals surface area contributed by atoms with Gasteiger partial charge in [-0.3, -0.25) is 19.6 Å². The van der Waals surface area contributed by atoms with E-state index < -0.39 is 39.7 Å². The van der Waals surface area contributed by atoms with Gasteiger partial charge in [-0.25, -0.2) is 22.4 Å². The zero-order valence-electron chi connectivity index (χ0n) is 20.3. The summed E-state index contributed by atoms with van der Waals surface area (Å²) < 4.78 is 50.1. The summed E-state index contributed by atoms with van der Waals surface area (Å²) >= 11 is 0.771. The number of hydrogen-bond acceptors (Lipinski definition) is 9. The number of thiophene rings is 1. The zero-order chi connectivity index (χ0) is 28.0. The van der Waals surface area contributed by atoms with Crippen LogP contribution >= 0.6 is 11.3 Å². The molecule has 11 nitrogen and oxygen atoms in total. The minimum atomic E-state index is -4.08. The Morgan fingerprint density at radius 3 is 2.34 bits per heavy atom. The number of imide groups is 1. The van der Waals surface area contributed by atoms with Crippen LogP contribution in [0, 0.1) is 12.7 Å². The molecule has 0 aliphatic rings. The molecule has 14 heteroatoms. The average Bonchev–Trinajstić information content (AvgIpc) is 3.19. The minimum Gasteiger partial charge on any atom is -0.462 e. The van der Waals surface area contributed by atoms with Crippen LogP contribution in [0.5, 0.6) is 0 Å². The number of esters is 1. The SMILES string of the molecule is CCOC(=O)c1sc(NC(=O)c2cccc(NS(=O)(=O)c3ccc(F)cc3)c2)c(C(=O)NC(=O)OC)c1C. The Hall–Kier alpha value is -4.30. The summed E-state index contributed by atoms with van der Waals surface area (Å²) in [6.45, 7) is 3.13. The summed E-state index contributed by atoms with van der Waals surface area (Å²) in [6, 6.07) is 9.65. The van der Waals surface area contributed by atoms with Crippen molar-refractivity contribution >= 4 is 55.9 Å². The highest BCUT2D eigenvalue weighted by molar-refractivity contribution is 7.92. The molecule has 0 aliphatic carbocycles. The monoisotopic (exact) mass is 563 g/mol. The van der Waals surface area contributed by atoms with Crippen molar-refractivity contribution in [1.82, 2.24) is 5.32 Å². The van der Waals surface area contributed by atoms with Gasteiger partial charge in [-0.2, -0.15) is 0 Å². The van der Waals surface area contributed by atoms with Gasteiger partial charge in [-0.05, 0) is 61.9 Å². The Labute approximate surface area is 221 Å². The lowest BCUT2D eigenvalue weighted by molar-refractivity contribution is 0.0531. The van der Waals surface area contributed by atoms with E-state index in [2.05, 4.69) is 14.8 Å². The third-order valence-corrected chi connectivity index (χ3v) is 7.55. The number of sulfonamides is 1. The molecule has 0 spiro atoms. The first kappa shape index (κ1) is 28.3. The van der Waals surface area contributed by atoms with E-state index in [4.69, 9.17) is 4.74 Å². The predicted octanol–water partition coefficient (Wildman–Crippen LogP) is 3.92. The van der Waals surface area contributed by atoms with Gasteiger partial charge in [0.1, 0.15) is 15.7 Å². The first-order chi connectivity index (χ1) is 18.0. The predicted molar refractivity (Wildman–Crippen MR) is 136 cm³/mol. The molecule has 0 fully saturated rings. The van der Waals surface area contributed by atoms with Gasteiger partial charge < -0.3 is 14.8 Å². The van der Waals surface area contributed by atoms with Crippen LogP contribution in [0.3, 0.4) is 0 Å². The van der Waals surface area contributed by atoms with Crippen molar-refractivity contribution < 1.29 is 41.5 Å². The Morgan fingerprint density at radius 1 is 1.03 bits per heavy atom. The molecule has 0 saturated heterocycles. The maximum absolute atomic E-state index is 13.2. The minimum absolute atomic E-state index is 0.00682. The Morgan fingerprint density at radius 2 is 1.71 bits per heavy atom. The van der Waals surface area contributed by atoms with Gasteiger partial charge in [0.15, 0.2) is 0 Å². The largest absolute Gasteiger partial charge is 0.462 e. The van der Waals surface area contributed by atoms with Crippen molar-refractivity contribution in [2.75, 3.05) is 23.8 Å². The van der Waals surface area contributed by atoms with Crippen molar-refractivity contribution in [1.29, 1.82) is 0 Å². The number of alkyl carbamates (subject to hydrolysis) is 1. The molecule has 1 heterocycles. The van der Waals surface area contributed by atoms with Crippen LogP contribution in [-0.2, 0) is 19.5 Å². The number of carbonyl (C=O) groups excluding carboxylic acids is 4. The van der Waals surface area contributed by atoms with E-state index in [-0.39, 0.29) is 43.8 Å². The van der Waals surface area contributed by atoms with E-state index >= 15 is 0 Å². The number of carbonyl (C=O) groups is 4. The first-order valence-corrected chi connectivity index (χ1v) is 13.2. The number of methoxy groups -OCH3 is 1. The molecule has 200 valence electrons. The topological polar surface area (TPSA) is 157 Å². The summed E-state index contributed by atoms with van der Waals surface area (Å²) in [6.07, 6.45) is -1.04. The lowest BCUT2D eigenvalue weighted by Crippen LogP contribution is -2.31. The summed E-state index contributed by atoms with van der Waals surface area (Å²) in [5.74, 6) is -2.98. The van der Waals surface area contributed by atoms with Crippen LogP contribution in [0.2, 0.25) is 0 Å². The third kappa shape index (κ3) is 6.52. The van der Waals surface area contributed by atoms with Gasteiger partial charge in [0.2, 0.25) is 0 Å². The molecule has 0 bridgehead atoms. The standard InChI is InChI=1S/C24H22FN3O8S2/c1-4-36-23(31)19-13(2)18(21(30)27-24(32)35-3)22(37-19)26-20(29)14-6-5-7-16(12-14)28-38(33,34)17-10-8-15(25)9-11-17/h5-12,28H,4H2,1-3H3,(H,26,29)(H,27,30,32). The molecule has 2 aromatic carbocycles. The maximum Gasteiger partial charge on any atom is 0.413 e. The van der Waals surface area contributed by atoms with Gasteiger partial charge in [-0.15, -0.1) is 11.3 Å². The lowest BCUT2D eigenvalue weighted by Gasteiger charge is -2.10. The molecule has 3 amide bonds. The second-order valence-corrected chi connectivity index (χ2v) is 10.2. The molecule has 1 aromatic heterocycles. The highest BCUT2D eigenvalue weighted by Gasteiger charge is 2.28. The van der Waals surface area contributed by atoms with Crippen LogP contribution in [0.1, 0.15) is 42.9 Å². The summed E-state index contributed by atoms with van der Waals surface area (Å²) in [4.78, 5) is 49.6. The molecule has 3 aromatic rings. The molecular formula is C24H22FN3O8S2. The van der Waals surface area contributed by atoms with Gasteiger partial charge in [0.25, 0.3) is 21.8 Å². The first-order valence-electron chi connectivity index (χ1n) is 10.9. The molecular weight excluding hydrogens is 541 g/mol. The highest BCUT2D eigenvalue weighted by atomic mass is 32.2. The van der Waals surface area contributed by atoms with Crippen LogP contribution in [0.25, 0.3) is 0 Å². The van der Waals surface area contributed by atoms with Crippen LogP contribution in [-0.4, -0.2) is 46.0 Å². The maximum atomic E-state index is 13.2. The Balaban J connectivity index is 1.90. The molecule has 0 radical (unpaired) electrons. The van der Waals surface area contributed by atoms with E-state index in [9.17, 15) is 32.0 Å². The van der Waals surface area contributed by atoms with E-state index in [1.165, 1.54) is 31.2 Å². The highest BCUT2D eigenvalue weighted by Crippen LogP contribution is 2.34. The number of amides is 3. The lowest BCUT2D eigenvalue weighted by atomic mass is 10.1. The fourth-order valence-electron chi connectivity index (χ4n) is 3.20. The second kappa shape index (κ2) is 11.8. The van der Waals surface area contributed by atoms with E-state index in [1.54, 1.807) is 6.92 Å². The smallest absolute Gasteiger partial charge is 0.413 e. The number of rotatable bonds is 8. The van der Waals surface area contributed by atoms with Crippen LogP contribution in [0.15, 0.2) is 53.4 Å². The average molecular weight is 564 g/mol. The fraction of sp³-hybridized carbons (Fsp3) is 0.167. The second-order valence-electron chi connectivity index (χ2n) is 7.52. The molecule has 0 aliphatic heterocycles. The van der Waals surface area contributed by atoms with Crippen molar-refractivity contribution in [3.63, 3.8) is 0 Å². The molecule has 0 atom stereocenters. The van der Waals surface area contributed by atoms with Crippen LogP contribution < -0.4 is 15.4 Å². The molecule has 0 saturated carbocycles. The number of halogens is 1. The van der Waals surface area contributed by atoms with Crippen molar-refractivity contribution in [3.8, 4) is 0 Å². The number of benzene rings is 2. The number of ether oxygens (including phenoxy) is 2. The number of hydrogen-bond donors (Lipinski definition) is 3. The molecule has 3 N–H and O–H groups in total. The summed E-state index contributed by atoms with van der Waals surface area (Å²) in [5, 5.41) is 4.46. The zero-order valence-corrected chi connectivity index (χ0v) is 21.9. The molecule has 3 rings (SSSR count). The summed E-state index contributed by atoms with van der Waals surface area (Å²) in [5.41, 5.74) is 0.0727. The summed E-state index contributed by atoms with van der Waals surface area (Å²) in [7, 11) is -3.01.